The summed E-state index contributed by atoms with van der Waals surface area (Å²) in [6.07, 6.45) is 9.15. The fraction of sp³-hybridized carbons (Fsp3) is 0.455. The number of fused-ring (bicyclic) bond motifs is 1. The Balaban J connectivity index is 1.52. The molecule has 1 atom stereocenters. The van der Waals surface area contributed by atoms with Crippen molar-refractivity contribution in [1.29, 1.82) is 0 Å². The minimum absolute atomic E-state index is 0.0147. The van der Waals surface area contributed by atoms with E-state index in [-0.39, 0.29) is 18.6 Å². The fourth-order valence-corrected chi connectivity index (χ4v) is 3.97. The van der Waals surface area contributed by atoms with Gasteiger partial charge in [0.15, 0.2) is 0 Å². The molecule has 2 heterocycles. The second kappa shape index (κ2) is 7.99. The first-order valence-corrected chi connectivity index (χ1v) is 9.82. The fourth-order valence-electron chi connectivity index (χ4n) is 3.97. The van der Waals surface area contributed by atoms with Gasteiger partial charge in [0.1, 0.15) is 11.9 Å². The van der Waals surface area contributed by atoms with E-state index in [9.17, 15) is 4.79 Å². The maximum absolute atomic E-state index is 10.8. The molecule has 1 aliphatic heterocycles. The Hall–Kier alpha value is -2.56. The minimum atomic E-state index is -0.772. The summed E-state index contributed by atoms with van der Waals surface area (Å²) in [4.78, 5) is 15.2. The van der Waals surface area contributed by atoms with Crippen LogP contribution < -0.4 is 9.47 Å². The lowest BCUT2D eigenvalue weighted by molar-refractivity contribution is -0.137. The summed E-state index contributed by atoms with van der Waals surface area (Å²) in [6.45, 7) is 0. The van der Waals surface area contributed by atoms with Crippen molar-refractivity contribution in [3.05, 3.63) is 42.1 Å². The predicted molar refractivity (Wildman–Crippen MR) is 102 cm³/mol. The molecule has 1 aliphatic carbocycles. The third kappa shape index (κ3) is 4.24. The summed E-state index contributed by atoms with van der Waals surface area (Å²) in [5.74, 6) is 0.800. The van der Waals surface area contributed by atoms with Gasteiger partial charge in [-0.05, 0) is 80.3 Å². The molecule has 0 bridgehead atoms. The average Bonchev–Trinajstić information content (AvgIpc) is 3.19. The summed E-state index contributed by atoms with van der Waals surface area (Å²) >= 11 is 0. The molecule has 142 valence electrons. The maximum Gasteiger partial charge on any atom is 0.303 e. The van der Waals surface area contributed by atoms with E-state index < -0.39 is 5.97 Å². The standard InChI is InChI=1S/C22H25NO4/c24-21(25)12-10-18-9-7-16-14-15(8-11-20(16)26-18)19-6-3-13-23-22(19)27-17-4-1-2-5-17/h3,6,8,11,13-14,17-18H,1-2,4-5,7,9-10,12H2,(H,24,25). The topological polar surface area (TPSA) is 68.7 Å². The third-order valence-corrected chi connectivity index (χ3v) is 5.43. The molecule has 1 unspecified atom stereocenters. The van der Waals surface area contributed by atoms with Crippen LogP contribution in [0.5, 0.6) is 11.6 Å². The lowest BCUT2D eigenvalue weighted by Gasteiger charge is -2.26. The molecule has 2 aromatic rings. The largest absolute Gasteiger partial charge is 0.490 e. The number of rotatable bonds is 6. The molecule has 2 aliphatic rings. The Kier molecular flexibility index (Phi) is 5.28. The monoisotopic (exact) mass is 367 g/mol. The highest BCUT2D eigenvalue weighted by Crippen LogP contribution is 2.36. The molecule has 1 aromatic carbocycles. The number of aryl methyl sites for hydroxylation is 1. The van der Waals surface area contributed by atoms with E-state index in [0.29, 0.717) is 12.3 Å². The van der Waals surface area contributed by atoms with Crippen molar-refractivity contribution < 1.29 is 19.4 Å². The number of carboxylic acid groups (broad SMARTS) is 1. The van der Waals surface area contributed by atoms with Gasteiger partial charge in [0.05, 0.1) is 6.10 Å². The lowest BCUT2D eigenvalue weighted by atomic mass is 9.96. The van der Waals surface area contributed by atoms with Gasteiger partial charge in [-0.3, -0.25) is 4.79 Å². The van der Waals surface area contributed by atoms with E-state index in [2.05, 4.69) is 17.1 Å². The van der Waals surface area contributed by atoms with Crippen LogP contribution in [0.25, 0.3) is 11.1 Å². The molecule has 5 heteroatoms. The van der Waals surface area contributed by atoms with Gasteiger partial charge in [0.25, 0.3) is 0 Å². The molecule has 0 saturated heterocycles. The molecule has 1 N–H and O–H groups in total. The van der Waals surface area contributed by atoms with Crippen LogP contribution in [0.3, 0.4) is 0 Å². The second-order valence-electron chi connectivity index (χ2n) is 7.41. The SMILES string of the molecule is O=C(O)CCC1CCc2cc(-c3cccnc3OC3CCCC3)ccc2O1. The first-order valence-electron chi connectivity index (χ1n) is 9.82. The van der Waals surface area contributed by atoms with Crippen LogP contribution in [-0.2, 0) is 11.2 Å². The van der Waals surface area contributed by atoms with Crippen molar-refractivity contribution >= 4 is 5.97 Å². The Bertz CT molecular complexity index is 814. The lowest BCUT2D eigenvalue weighted by Crippen LogP contribution is -2.23. The highest BCUT2D eigenvalue weighted by molar-refractivity contribution is 5.70. The van der Waals surface area contributed by atoms with Gasteiger partial charge in [-0.15, -0.1) is 0 Å². The summed E-state index contributed by atoms with van der Waals surface area (Å²) < 4.78 is 12.2. The number of carbonyl (C=O) groups is 1. The number of pyridine rings is 1. The van der Waals surface area contributed by atoms with E-state index in [1.165, 1.54) is 12.8 Å². The molecule has 4 rings (SSSR count). The predicted octanol–water partition coefficient (Wildman–Crippen LogP) is 4.63. The first kappa shape index (κ1) is 17.8. The molecule has 27 heavy (non-hydrogen) atoms. The van der Waals surface area contributed by atoms with Crippen molar-refractivity contribution in [2.24, 2.45) is 0 Å². The van der Waals surface area contributed by atoms with E-state index in [1.54, 1.807) is 6.20 Å². The van der Waals surface area contributed by atoms with Crippen LogP contribution in [-0.4, -0.2) is 28.3 Å². The number of carboxylic acids is 1. The van der Waals surface area contributed by atoms with Crippen LogP contribution in [0.4, 0.5) is 0 Å². The zero-order valence-electron chi connectivity index (χ0n) is 15.4. The Morgan fingerprint density at radius 1 is 1.22 bits per heavy atom. The van der Waals surface area contributed by atoms with E-state index in [1.807, 2.05) is 18.2 Å². The Morgan fingerprint density at radius 2 is 2.07 bits per heavy atom. The van der Waals surface area contributed by atoms with Crippen LogP contribution in [0, 0.1) is 0 Å². The smallest absolute Gasteiger partial charge is 0.303 e. The molecule has 5 nitrogen and oxygen atoms in total. The Labute approximate surface area is 159 Å². The molecule has 1 saturated carbocycles. The highest BCUT2D eigenvalue weighted by atomic mass is 16.5. The van der Waals surface area contributed by atoms with Gasteiger partial charge >= 0.3 is 5.97 Å². The van der Waals surface area contributed by atoms with Crippen molar-refractivity contribution in [2.45, 2.75) is 63.6 Å². The number of hydrogen-bond acceptors (Lipinski definition) is 4. The quantitative estimate of drug-likeness (QED) is 0.806. The number of benzene rings is 1. The van der Waals surface area contributed by atoms with E-state index in [4.69, 9.17) is 14.6 Å². The zero-order valence-corrected chi connectivity index (χ0v) is 15.4. The van der Waals surface area contributed by atoms with Gasteiger partial charge in [-0.1, -0.05) is 6.07 Å². The third-order valence-electron chi connectivity index (χ3n) is 5.43. The summed E-state index contributed by atoms with van der Waals surface area (Å²) in [6, 6.07) is 10.2. The molecule has 0 spiro atoms. The summed E-state index contributed by atoms with van der Waals surface area (Å²) in [5.41, 5.74) is 3.26. The van der Waals surface area contributed by atoms with Gasteiger partial charge in [-0.2, -0.15) is 0 Å². The van der Waals surface area contributed by atoms with Crippen molar-refractivity contribution in [2.75, 3.05) is 0 Å². The molecule has 1 fully saturated rings. The van der Waals surface area contributed by atoms with Gasteiger partial charge in [0.2, 0.25) is 5.88 Å². The van der Waals surface area contributed by atoms with Crippen molar-refractivity contribution in [3.8, 4) is 22.8 Å². The van der Waals surface area contributed by atoms with Crippen molar-refractivity contribution in [3.63, 3.8) is 0 Å². The van der Waals surface area contributed by atoms with Crippen molar-refractivity contribution in [1.82, 2.24) is 4.98 Å². The number of hydrogen-bond donors (Lipinski definition) is 1. The van der Waals surface area contributed by atoms with Crippen LogP contribution in [0.15, 0.2) is 36.5 Å². The minimum Gasteiger partial charge on any atom is -0.490 e. The van der Waals surface area contributed by atoms with Gasteiger partial charge in [-0.25, -0.2) is 4.98 Å². The zero-order chi connectivity index (χ0) is 18.6. The molecule has 1 aromatic heterocycles. The molecule has 0 radical (unpaired) electrons. The number of aliphatic carboxylic acids is 1. The summed E-state index contributed by atoms with van der Waals surface area (Å²) in [7, 11) is 0. The van der Waals surface area contributed by atoms with E-state index in [0.717, 1.165) is 48.1 Å². The number of nitrogens with zero attached hydrogens (tertiary/aromatic N) is 1. The van der Waals surface area contributed by atoms with E-state index >= 15 is 0 Å². The van der Waals surface area contributed by atoms with Gasteiger partial charge < -0.3 is 14.6 Å². The molecular weight excluding hydrogens is 342 g/mol. The second-order valence-corrected chi connectivity index (χ2v) is 7.41. The maximum atomic E-state index is 10.8. The normalized spacial score (nSPS) is 19.3. The molecule has 0 amide bonds. The first-order chi connectivity index (χ1) is 13.2. The van der Waals surface area contributed by atoms with Crippen LogP contribution >= 0.6 is 0 Å². The van der Waals surface area contributed by atoms with Gasteiger partial charge in [0, 0.05) is 18.2 Å². The summed E-state index contributed by atoms with van der Waals surface area (Å²) in [5, 5.41) is 8.86. The highest BCUT2D eigenvalue weighted by Gasteiger charge is 2.22. The number of ether oxygens (including phenoxy) is 2. The number of aromatic nitrogens is 1. The molecular formula is C22H25NO4. The van der Waals surface area contributed by atoms with Crippen LogP contribution in [0.1, 0.15) is 50.5 Å². The Morgan fingerprint density at radius 3 is 2.89 bits per heavy atom. The average molecular weight is 367 g/mol. The van der Waals surface area contributed by atoms with Crippen LogP contribution in [0.2, 0.25) is 0 Å².